The van der Waals surface area contributed by atoms with Gasteiger partial charge in [0.25, 0.3) is 5.69 Å². The number of para-hydroxylation sites is 1. The highest BCUT2D eigenvalue weighted by molar-refractivity contribution is 9.10. The molecule has 0 amide bonds. The van der Waals surface area contributed by atoms with Crippen molar-refractivity contribution in [1.82, 2.24) is 14.5 Å². The van der Waals surface area contributed by atoms with Crippen molar-refractivity contribution >= 4 is 45.1 Å². The third kappa shape index (κ3) is 5.75. The maximum absolute atomic E-state index is 11.4. The first-order valence-corrected chi connectivity index (χ1v) is 15.4. The SMILES string of the molecule is Cc1nn(-c2ccccc2)c(C)c1P(=Nc1ccc([N+](=O)[O-])cc1Br)(c1ccccc1)N1CCCCCC1.[Cl-]. The molecule has 204 valence electrons. The summed E-state index contributed by atoms with van der Waals surface area (Å²) >= 11 is 3.61. The summed E-state index contributed by atoms with van der Waals surface area (Å²) < 4.78 is 10.9. The number of nitro benzene ring substituents is 1. The molecular weight excluding hydrogens is 597 g/mol. The van der Waals surface area contributed by atoms with Crippen molar-refractivity contribution < 1.29 is 17.3 Å². The van der Waals surface area contributed by atoms with Gasteiger partial charge in [0, 0.05) is 35.0 Å². The Labute approximate surface area is 244 Å². The van der Waals surface area contributed by atoms with Gasteiger partial charge in [0.2, 0.25) is 0 Å². The van der Waals surface area contributed by atoms with Crippen molar-refractivity contribution in [3.63, 3.8) is 0 Å². The molecule has 0 spiro atoms. The molecule has 1 aromatic heterocycles. The predicted octanol–water partition coefficient (Wildman–Crippen LogP) is 4.44. The Hall–Kier alpha value is -2.77. The van der Waals surface area contributed by atoms with E-state index >= 15 is 0 Å². The average molecular weight is 628 g/mol. The van der Waals surface area contributed by atoms with Gasteiger partial charge < -0.3 is 12.4 Å². The lowest BCUT2D eigenvalue weighted by Crippen LogP contribution is -3.00. The van der Waals surface area contributed by atoms with E-state index in [0.717, 1.165) is 53.6 Å². The summed E-state index contributed by atoms with van der Waals surface area (Å²) in [5.74, 6) is 0. The van der Waals surface area contributed by atoms with Gasteiger partial charge in [0.1, 0.15) is 0 Å². The van der Waals surface area contributed by atoms with Crippen molar-refractivity contribution in [3.8, 4) is 5.69 Å². The van der Waals surface area contributed by atoms with Crippen LogP contribution in [-0.4, -0.2) is 32.5 Å². The molecule has 0 aliphatic carbocycles. The van der Waals surface area contributed by atoms with E-state index in [0.29, 0.717) is 10.2 Å². The van der Waals surface area contributed by atoms with Gasteiger partial charge >= 0.3 is 0 Å². The van der Waals surface area contributed by atoms with E-state index in [1.165, 1.54) is 12.8 Å². The molecule has 7 nitrogen and oxygen atoms in total. The standard InChI is InChI=1S/C29H31BrN5O2P.ClH/c1-22-29(23(2)34(31-22)24-13-7-5-8-14-24)38(26-15-9-6-10-16-26,33-19-11-3-4-12-20-33)32-28-18-17-25(35(36)37)21-27(28)30;/h5-10,13-18,21H,3-4,11-12,19-20H2,1-2H3;1H/p-1. The lowest BCUT2D eigenvalue weighted by molar-refractivity contribution is -0.384. The van der Waals surface area contributed by atoms with Crippen LogP contribution in [0.5, 0.6) is 0 Å². The predicted molar refractivity (Wildman–Crippen MR) is 159 cm³/mol. The van der Waals surface area contributed by atoms with E-state index in [4.69, 9.17) is 9.84 Å². The van der Waals surface area contributed by atoms with E-state index in [2.05, 4.69) is 70.8 Å². The second-order valence-electron chi connectivity index (χ2n) is 9.56. The summed E-state index contributed by atoms with van der Waals surface area (Å²) in [6.07, 6.45) is 4.62. The van der Waals surface area contributed by atoms with Crippen molar-refractivity contribution in [3.05, 3.63) is 105 Å². The molecule has 1 unspecified atom stereocenters. The van der Waals surface area contributed by atoms with E-state index in [-0.39, 0.29) is 23.0 Å². The molecule has 1 atom stereocenters. The van der Waals surface area contributed by atoms with Crippen LogP contribution in [0.4, 0.5) is 11.4 Å². The largest absolute Gasteiger partial charge is 1.00 e. The van der Waals surface area contributed by atoms with Crippen LogP contribution in [0.1, 0.15) is 37.1 Å². The summed E-state index contributed by atoms with van der Waals surface area (Å²) in [5.41, 5.74) is 3.78. The highest BCUT2D eigenvalue weighted by Gasteiger charge is 2.38. The normalized spacial score (nSPS) is 15.6. The van der Waals surface area contributed by atoms with E-state index < -0.39 is 7.21 Å². The van der Waals surface area contributed by atoms with Crippen molar-refractivity contribution in [2.24, 2.45) is 4.74 Å². The molecule has 1 aliphatic heterocycles. The minimum absolute atomic E-state index is 0. The number of non-ortho nitro benzene ring substituents is 1. The summed E-state index contributed by atoms with van der Waals surface area (Å²) in [6, 6.07) is 25.6. The zero-order chi connectivity index (χ0) is 26.7. The van der Waals surface area contributed by atoms with Gasteiger partial charge in [-0.3, -0.25) is 14.8 Å². The Kier molecular flexibility index (Phi) is 9.44. The van der Waals surface area contributed by atoms with Crippen LogP contribution in [0.15, 0.2) is 88.1 Å². The van der Waals surface area contributed by atoms with Crippen LogP contribution in [0.2, 0.25) is 0 Å². The molecule has 10 heteroatoms. The Morgan fingerprint density at radius 2 is 1.54 bits per heavy atom. The molecule has 4 aromatic rings. The molecule has 3 aromatic carbocycles. The Morgan fingerprint density at radius 3 is 2.13 bits per heavy atom. The summed E-state index contributed by atoms with van der Waals surface area (Å²) in [5, 5.41) is 18.8. The highest BCUT2D eigenvalue weighted by Crippen LogP contribution is 2.56. The number of nitrogens with zero attached hydrogens (tertiary/aromatic N) is 5. The lowest BCUT2D eigenvalue weighted by Gasteiger charge is -2.37. The van der Waals surface area contributed by atoms with Crippen LogP contribution in [-0.2, 0) is 0 Å². The molecular formula is C29H31BrClN5O2P-. The monoisotopic (exact) mass is 626 g/mol. The summed E-state index contributed by atoms with van der Waals surface area (Å²) in [6.45, 7) is 6.09. The van der Waals surface area contributed by atoms with Gasteiger partial charge in [-0.1, -0.05) is 61.4 Å². The molecule has 5 rings (SSSR count). The minimum Gasteiger partial charge on any atom is -1.00 e. The topological polar surface area (TPSA) is 76.6 Å². The molecule has 0 radical (unpaired) electrons. The molecule has 0 bridgehead atoms. The van der Waals surface area contributed by atoms with E-state index in [9.17, 15) is 10.1 Å². The number of nitro groups is 1. The fourth-order valence-corrected chi connectivity index (χ4v) is 10.1. The average Bonchev–Trinajstić information content (AvgIpc) is 3.09. The second-order valence-corrected chi connectivity index (χ2v) is 13.4. The van der Waals surface area contributed by atoms with E-state index in [1.54, 1.807) is 18.2 Å². The van der Waals surface area contributed by atoms with Crippen LogP contribution in [0.25, 0.3) is 5.69 Å². The van der Waals surface area contributed by atoms with Crippen molar-refractivity contribution in [2.45, 2.75) is 39.5 Å². The minimum atomic E-state index is -2.59. The molecule has 1 saturated heterocycles. The van der Waals surface area contributed by atoms with Crippen LogP contribution in [0, 0.1) is 24.0 Å². The maximum Gasteiger partial charge on any atom is 0.270 e. The first kappa shape index (κ1) is 29.2. The quantitative estimate of drug-likeness (QED) is 0.180. The van der Waals surface area contributed by atoms with Crippen LogP contribution in [0.3, 0.4) is 0 Å². The summed E-state index contributed by atoms with van der Waals surface area (Å²) in [7, 11) is -2.59. The summed E-state index contributed by atoms with van der Waals surface area (Å²) in [4.78, 5) is 11.1. The Morgan fingerprint density at radius 1 is 0.923 bits per heavy atom. The number of hydrogen-bond donors (Lipinski definition) is 0. The number of benzene rings is 3. The van der Waals surface area contributed by atoms with Crippen LogP contribution >= 0.6 is 23.1 Å². The number of hydrogen-bond acceptors (Lipinski definition) is 4. The molecule has 0 N–H and O–H groups in total. The molecule has 1 fully saturated rings. The van der Waals surface area contributed by atoms with E-state index in [1.807, 2.05) is 28.9 Å². The van der Waals surface area contributed by atoms with Crippen LogP contribution < -0.4 is 23.0 Å². The van der Waals surface area contributed by atoms with Gasteiger partial charge in [-0.05, 0) is 60.8 Å². The number of halogens is 2. The maximum atomic E-state index is 11.4. The Balaban J connectivity index is 0.00000353. The van der Waals surface area contributed by atoms with Gasteiger partial charge in [-0.15, -0.1) is 0 Å². The fraction of sp³-hybridized carbons (Fsp3) is 0.276. The molecule has 39 heavy (non-hydrogen) atoms. The second kappa shape index (κ2) is 12.6. The Bertz CT molecular complexity index is 1500. The smallest absolute Gasteiger partial charge is 0.270 e. The van der Waals surface area contributed by atoms with Gasteiger partial charge in [-0.25, -0.2) is 9.43 Å². The fourth-order valence-electron chi connectivity index (χ4n) is 5.34. The molecule has 1 aliphatic rings. The molecule has 2 heterocycles. The first-order chi connectivity index (χ1) is 18.4. The third-order valence-corrected chi connectivity index (χ3v) is 11.7. The van der Waals surface area contributed by atoms with Crippen molar-refractivity contribution in [1.29, 1.82) is 0 Å². The van der Waals surface area contributed by atoms with Gasteiger partial charge in [0.05, 0.1) is 40.2 Å². The zero-order valence-corrected chi connectivity index (χ0v) is 25.2. The van der Waals surface area contributed by atoms with Crippen molar-refractivity contribution in [2.75, 3.05) is 13.1 Å². The van der Waals surface area contributed by atoms with Gasteiger partial charge in [-0.2, -0.15) is 5.10 Å². The first-order valence-electron chi connectivity index (χ1n) is 12.9. The zero-order valence-electron chi connectivity index (χ0n) is 22.0. The van der Waals surface area contributed by atoms with Gasteiger partial charge in [0.15, 0.2) is 0 Å². The number of rotatable bonds is 6. The number of aromatic nitrogens is 2. The number of aryl methyl sites for hydroxylation is 1. The molecule has 0 saturated carbocycles. The lowest BCUT2D eigenvalue weighted by atomic mass is 10.2. The third-order valence-electron chi connectivity index (χ3n) is 7.07. The highest BCUT2D eigenvalue weighted by atomic mass is 79.9.